The van der Waals surface area contributed by atoms with Crippen molar-refractivity contribution in [1.82, 2.24) is 9.55 Å². The zero-order chi connectivity index (χ0) is 11.0. The summed E-state index contributed by atoms with van der Waals surface area (Å²) in [5, 5.41) is 0. The van der Waals surface area contributed by atoms with Crippen molar-refractivity contribution in [2.75, 3.05) is 6.61 Å². The minimum atomic E-state index is -0.264. The molecule has 1 unspecified atom stereocenters. The molecule has 1 aromatic heterocycles. The summed E-state index contributed by atoms with van der Waals surface area (Å²) in [6.45, 7) is 0.528. The average Bonchev–Trinajstić information content (AvgIpc) is 2.73. The number of hydrogen-bond acceptors (Lipinski definition) is 3. The van der Waals surface area contributed by atoms with Crippen molar-refractivity contribution in [2.45, 2.75) is 6.04 Å². The van der Waals surface area contributed by atoms with Crippen molar-refractivity contribution in [2.24, 2.45) is 0 Å². The van der Waals surface area contributed by atoms with E-state index in [1.54, 1.807) is 6.20 Å². The predicted molar refractivity (Wildman–Crippen MR) is 58.6 cm³/mol. The minimum Gasteiger partial charge on any atom is -0.462 e. The third-order valence-electron chi connectivity index (χ3n) is 2.69. The Morgan fingerprint density at radius 3 is 2.88 bits per heavy atom. The van der Waals surface area contributed by atoms with Gasteiger partial charge in [-0.15, -0.1) is 0 Å². The molecule has 1 aliphatic rings. The molecule has 4 nitrogen and oxygen atoms in total. The number of ether oxygens (including phenoxy) is 1. The Bertz CT molecular complexity index is 563. The van der Waals surface area contributed by atoms with Crippen molar-refractivity contribution >= 4 is 0 Å². The van der Waals surface area contributed by atoms with Crippen LogP contribution < -0.4 is 10.3 Å². The van der Waals surface area contributed by atoms with E-state index in [-0.39, 0.29) is 11.6 Å². The topological polar surface area (TPSA) is 44.1 Å². The van der Waals surface area contributed by atoms with Crippen molar-refractivity contribution in [3.05, 3.63) is 58.5 Å². The molecule has 4 heteroatoms. The molecule has 0 fully saturated rings. The van der Waals surface area contributed by atoms with E-state index in [0.29, 0.717) is 12.6 Å². The number of hydrogen-bond donors (Lipinski definition) is 0. The Morgan fingerprint density at radius 1 is 1.25 bits per heavy atom. The quantitative estimate of drug-likeness (QED) is 0.717. The predicted octanol–water partition coefficient (Wildman–Crippen LogP) is 1.23. The fraction of sp³-hybridized carbons (Fsp3) is 0.167. The molecule has 16 heavy (non-hydrogen) atoms. The second-order valence-corrected chi connectivity index (χ2v) is 3.69. The van der Waals surface area contributed by atoms with Crippen LogP contribution in [0.2, 0.25) is 0 Å². The highest BCUT2D eigenvalue weighted by Crippen LogP contribution is 2.27. The standard InChI is InChI=1S/C12H10N2O2/c15-11-6-7-14-10(8-16-12(14)13-11)9-4-2-1-3-5-9/h1-7,10H,8H2. The van der Waals surface area contributed by atoms with Gasteiger partial charge in [-0.25, -0.2) is 0 Å². The normalized spacial score (nSPS) is 17.9. The van der Waals surface area contributed by atoms with Gasteiger partial charge in [-0.1, -0.05) is 30.3 Å². The van der Waals surface area contributed by atoms with Crippen LogP contribution in [-0.2, 0) is 0 Å². The Hall–Kier alpha value is -2.10. The summed E-state index contributed by atoms with van der Waals surface area (Å²) in [7, 11) is 0. The zero-order valence-corrected chi connectivity index (χ0v) is 8.54. The van der Waals surface area contributed by atoms with Crippen molar-refractivity contribution in [3.8, 4) is 6.01 Å². The maximum atomic E-state index is 11.1. The van der Waals surface area contributed by atoms with Crippen molar-refractivity contribution in [3.63, 3.8) is 0 Å². The van der Waals surface area contributed by atoms with E-state index in [1.807, 2.05) is 34.9 Å². The average molecular weight is 214 g/mol. The maximum Gasteiger partial charge on any atom is 0.300 e. The fourth-order valence-electron chi connectivity index (χ4n) is 1.91. The largest absolute Gasteiger partial charge is 0.462 e. The van der Waals surface area contributed by atoms with E-state index < -0.39 is 0 Å². The Morgan fingerprint density at radius 2 is 2.06 bits per heavy atom. The fourth-order valence-corrected chi connectivity index (χ4v) is 1.91. The molecule has 0 amide bonds. The molecule has 0 spiro atoms. The Labute approximate surface area is 92.1 Å². The second-order valence-electron chi connectivity index (χ2n) is 3.69. The number of benzene rings is 1. The molecule has 1 aromatic carbocycles. The summed E-state index contributed by atoms with van der Waals surface area (Å²) in [6, 6.07) is 12.0. The van der Waals surface area contributed by atoms with Crippen molar-refractivity contribution < 1.29 is 4.74 Å². The second kappa shape index (κ2) is 3.48. The molecule has 2 heterocycles. The van der Waals surface area contributed by atoms with Crippen LogP contribution in [0, 0.1) is 0 Å². The molecule has 0 saturated carbocycles. The van der Waals surface area contributed by atoms with Gasteiger partial charge in [-0.2, -0.15) is 4.98 Å². The molecule has 1 atom stereocenters. The lowest BCUT2D eigenvalue weighted by atomic mass is 10.1. The molecular weight excluding hydrogens is 204 g/mol. The highest BCUT2D eigenvalue weighted by molar-refractivity contribution is 5.23. The van der Waals surface area contributed by atoms with Crippen LogP contribution in [0.1, 0.15) is 11.6 Å². The highest BCUT2D eigenvalue weighted by atomic mass is 16.5. The van der Waals surface area contributed by atoms with Crippen LogP contribution in [0.15, 0.2) is 47.4 Å². The lowest BCUT2D eigenvalue weighted by Crippen LogP contribution is -2.11. The van der Waals surface area contributed by atoms with Gasteiger partial charge in [0, 0.05) is 12.3 Å². The summed E-state index contributed by atoms with van der Waals surface area (Å²) in [5.41, 5.74) is 0.895. The first-order valence-electron chi connectivity index (χ1n) is 5.11. The Kier molecular flexibility index (Phi) is 1.99. The summed E-state index contributed by atoms with van der Waals surface area (Å²) in [5.74, 6) is 0. The van der Waals surface area contributed by atoms with E-state index in [4.69, 9.17) is 4.74 Å². The van der Waals surface area contributed by atoms with Crippen LogP contribution in [0.4, 0.5) is 0 Å². The molecule has 0 N–H and O–H groups in total. The van der Waals surface area contributed by atoms with Crippen LogP contribution >= 0.6 is 0 Å². The van der Waals surface area contributed by atoms with E-state index in [0.717, 1.165) is 5.56 Å². The molecule has 1 aliphatic heterocycles. The van der Waals surface area contributed by atoms with E-state index >= 15 is 0 Å². The molecule has 80 valence electrons. The van der Waals surface area contributed by atoms with E-state index in [9.17, 15) is 4.79 Å². The van der Waals surface area contributed by atoms with Gasteiger partial charge < -0.3 is 4.74 Å². The van der Waals surface area contributed by atoms with Gasteiger partial charge in [0.25, 0.3) is 11.6 Å². The van der Waals surface area contributed by atoms with Crippen molar-refractivity contribution in [1.29, 1.82) is 0 Å². The van der Waals surface area contributed by atoms with Gasteiger partial charge in [0.1, 0.15) is 6.61 Å². The third kappa shape index (κ3) is 1.39. The first-order chi connectivity index (χ1) is 7.84. The van der Waals surface area contributed by atoms with Crippen LogP contribution in [0.3, 0.4) is 0 Å². The molecule has 3 rings (SSSR count). The first kappa shape index (κ1) is 9.15. The number of aromatic nitrogens is 2. The maximum absolute atomic E-state index is 11.1. The van der Waals surface area contributed by atoms with E-state index in [2.05, 4.69) is 4.98 Å². The van der Waals surface area contributed by atoms with E-state index in [1.165, 1.54) is 6.07 Å². The number of nitrogens with zero attached hydrogens (tertiary/aromatic N) is 2. The molecule has 2 aromatic rings. The minimum absolute atomic E-state index is 0.115. The lowest BCUT2D eigenvalue weighted by Gasteiger charge is -2.10. The number of rotatable bonds is 1. The monoisotopic (exact) mass is 214 g/mol. The molecular formula is C12H10N2O2. The molecule has 0 aliphatic carbocycles. The molecule has 0 saturated heterocycles. The molecule has 0 bridgehead atoms. The van der Waals surface area contributed by atoms with Gasteiger partial charge in [0.05, 0.1) is 6.04 Å². The smallest absolute Gasteiger partial charge is 0.300 e. The first-order valence-corrected chi connectivity index (χ1v) is 5.11. The summed E-state index contributed by atoms with van der Waals surface area (Å²) in [6.07, 6.45) is 1.73. The summed E-state index contributed by atoms with van der Waals surface area (Å²) in [4.78, 5) is 14.9. The Balaban J connectivity index is 2.07. The van der Waals surface area contributed by atoms with Gasteiger partial charge >= 0.3 is 0 Å². The third-order valence-corrected chi connectivity index (χ3v) is 2.69. The van der Waals surface area contributed by atoms with Gasteiger partial charge in [0.2, 0.25) is 0 Å². The zero-order valence-electron chi connectivity index (χ0n) is 8.54. The van der Waals surface area contributed by atoms with Crippen LogP contribution in [0.5, 0.6) is 6.01 Å². The van der Waals surface area contributed by atoms with Gasteiger partial charge in [0.15, 0.2) is 0 Å². The number of fused-ring (bicyclic) bond motifs is 1. The lowest BCUT2D eigenvalue weighted by molar-refractivity contribution is 0.331. The molecule has 0 radical (unpaired) electrons. The van der Waals surface area contributed by atoms with Gasteiger partial charge in [-0.05, 0) is 5.56 Å². The summed E-state index contributed by atoms with van der Waals surface area (Å²) < 4.78 is 7.28. The van der Waals surface area contributed by atoms with Gasteiger partial charge in [-0.3, -0.25) is 9.36 Å². The van der Waals surface area contributed by atoms with Crippen LogP contribution in [0.25, 0.3) is 0 Å². The highest BCUT2D eigenvalue weighted by Gasteiger charge is 2.24. The van der Waals surface area contributed by atoms with Crippen LogP contribution in [-0.4, -0.2) is 16.2 Å². The SMILES string of the molecule is O=c1ccn2c(n1)OCC2c1ccccc1. The summed E-state index contributed by atoms with van der Waals surface area (Å²) >= 11 is 0.